The number of hydrogen-bond donors (Lipinski definition) is 1. The molecule has 7 nitrogen and oxygen atoms in total. The Labute approximate surface area is 150 Å². The molecule has 0 radical (unpaired) electrons. The van der Waals surface area contributed by atoms with Gasteiger partial charge in [-0.15, -0.1) is 5.10 Å². The lowest BCUT2D eigenvalue weighted by Crippen LogP contribution is -2.35. The van der Waals surface area contributed by atoms with E-state index in [1.165, 1.54) is 0 Å². The van der Waals surface area contributed by atoms with E-state index in [-0.39, 0.29) is 24.1 Å². The zero-order valence-electron chi connectivity index (χ0n) is 14.7. The van der Waals surface area contributed by atoms with Crippen molar-refractivity contribution < 1.29 is 9.53 Å². The molecule has 1 amide bonds. The molecule has 3 aromatic rings. The average molecular weight is 352 g/mol. The first-order valence-corrected chi connectivity index (χ1v) is 8.43. The van der Waals surface area contributed by atoms with Gasteiger partial charge in [0.15, 0.2) is 0 Å². The Hall–Kier alpha value is -3.22. The van der Waals surface area contributed by atoms with E-state index < -0.39 is 0 Å². The van der Waals surface area contributed by atoms with Gasteiger partial charge in [-0.25, -0.2) is 4.68 Å². The van der Waals surface area contributed by atoms with Crippen LogP contribution in [0.1, 0.15) is 25.5 Å². The second-order valence-corrected chi connectivity index (χ2v) is 5.86. The summed E-state index contributed by atoms with van der Waals surface area (Å²) in [5, 5.41) is 11.1. The van der Waals surface area contributed by atoms with Crippen LogP contribution in [0.3, 0.4) is 0 Å². The van der Waals surface area contributed by atoms with Crippen LogP contribution in [0.4, 0.5) is 0 Å². The van der Waals surface area contributed by atoms with Gasteiger partial charge < -0.3 is 10.1 Å². The van der Waals surface area contributed by atoms with Crippen molar-refractivity contribution >= 4 is 16.8 Å². The van der Waals surface area contributed by atoms with Gasteiger partial charge in [0.1, 0.15) is 17.8 Å². The fourth-order valence-electron chi connectivity index (χ4n) is 2.65. The Morgan fingerprint density at radius 2 is 1.92 bits per heavy atom. The van der Waals surface area contributed by atoms with Gasteiger partial charge in [-0.3, -0.25) is 9.59 Å². The van der Waals surface area contributed by atoms with Crippen molar-refractivity contribution in [2.24, 2.45) is 0 Å². The molecule has 0 fully saturated rings. The molecule has 0 saturated carbocycles. The number of carbonyl (C=O) groups is 1. The Morgan fingerprint density at radius 3 is 2.65 bits per heavy atom. The maximum atomic E-state index is 12.4. The minimum Gasteiger partial charge on any atom is -0.494 e. The topological polar surface area (TPSA) is 86.1 Å². The molecule has 26 heavy (non-hydrogen) atoms. The van der Waals surface area contributed by atoms with Crippen LogP contribution in [0, 0.1) is 0 Å². The number of fused-ring (bicyclic) bond motifs is 1. The summed E-state index contributed by atoms with van der Waals surface area (Å²) in [5.41, 5.74) is 1.12. The monoisotopic (exact) mass is 352 g/mol. The quantitative estimate of drug-likeness (QED) is 0.734. The molecule has 1 heterocycles. The van der Waals surface area contributed by atoms with Gasteiger partial charge >= 0.3 is 0 Å². The van der Waals surface area contributed by atoms with E-state index >= 15 is 0 Å². The highest BCUT2D eigenvalue weighted by Crippen LogP contribution is 2.17. The van der Waals surface area contributed by atoms with Gasteiger partial charge in [0.25, 0.3) is 5.56 Å². The minimum absolute atomic E-state index is 0.183. The summed E-state index contributed by atoms with van der Waals surface area (Å²) in [4.78, 5) is 24.7. The summed E-state index contributed by atoms with van der Waals surface area (Å²) < 4.78 is 6.48. The largest absolute Gasteiger partial charge is 0.494 e. The second-order valence-electron chi connectivity index (χ2n) is 5.86. The van der Waals surface area contributed by atoms with E-state index in [0.29, 0.717) is 17.5 Å². The van der Waals surface area contributed by atoms with Crippen molar-refractivity contribution in [3.63, 3.8) is 0 Å². The number of carbonyl (C=O) groups excluding carboxylic acids is 1. The van der Waals surface area contributed by atoms with Gasteiger partial charge in [-0.2, -0.15) is 0 Å². The number of nitrogens with one attached hydrogen (secondary N) is 1. The van der Waals surface area contributed by atoms with Gasteiger partial charge in [0, 0.05) is 0 Å². The van der Waals surface area contributed by atoms with Gasteiger partial charge in [-0.05, 0) is 43.7 Å². The molecular formula is C19H20N4O3. The third kappa shape index (κ3) is 3.88. The lowest BCUT2D eigenvalue weighted by atomic mass is 10.1. The highest BCUT2D eigenvalue weighted by molar-refractivity contribution is 5.78. The highest BCUT2D eigenvalue weighted by Gasteiger charge is 2.13. The Morgan fingerprint density at radius 1 is 1.19 bits per heavy atom. The summed E-state index contributed by atoms with van der Waals surface area (Å²) in [7, 11) is 0. The Balaban J connectivity index is 1.68. The van der Waals surface area contributed by atoms with Crippen molar-refractivity contribution in [2.45, 2.75) is 26.4 Å². The molecule has 0 bridgehead atoms. The van der Waals surface area contributed by atoms with Crippen LogP contribution in [-0.4, -0.2) is 27.5 Å². The average Bonchev–Trinajstić information content (AvgIpc) is 2.65. The maximum absolute atomic E-state index is 12.4. The first-order chi connectivity index (χ1) is 12.6. The molecule has 0 aliphatic heterocycles. The highest BCUT2D eigenvalue weighted by atomic mass is 16.5. The Bertz CT molecular complexity index is 966. The van der Waals surface area contributed by atoms with Gasteiger partial charge in [-0.1, -0.05) is 29.5 Å². The first kappa shape index (κ1) is 17.6. The molecule has 1 N–H and O–H groups in total. The third-order valence-corrected chi connectivity index (χ3v) is 3.99. The maximum Gasteiger partial charge on any atom is 0.278 e. The second kappa shape index (κ2) is 7.77. The molecule has 1 aromatic heterocycles. The molecule has 0 spiro atoms. The number of amides is 1. The van der Waals surface area contributed by atoms with Crippen LogP contribution in [-0.2, 0) is 11.3 Å². The fourth-order valence-corrected chi connectivity index (χ4v) is 2.65. The molecule has 134 valence electrons. The zero-order valence-corrected chi connectivity index (χ0v) is 14.7. The SMILES string of the molecule is CCOc1ccc(C(C)NC(=O)Cn2nnc3ccccc3c2=O)cc1. The number of rotatable bonds is 6. The molecular weight excluding hydrogens is 332 g/mol. The predicted octanol–water partition coefficient (Wildman–Crippen LogP) is 2.07. The third-order valence-electron chi connectivity index (χ3n) is 3.99. The number of hydrogen-bond acceptors (Lipinski definition) is 5. The normalized spacial score (nSPS) is 11.9. The Kier molecular flexibility index (Phi) is 5.26. The number of aromatic nitrogens is 3. The van der Waals surface area contributed by atoms with Crippen LogP contribution in [0.5, 0.6) is 5.75 Å². The van der Waals surface area contributed by atoms with Crippen LogP contribution in [0.2, 0.25) is 0 Å². The molecule has 1 unspecified atom stereocenters. The van der Waals surface area contributed by atoms with Crippen molar-refractivity contribution in [3.8, 4) is 5.75 Å². The molecule has 2 aromatic carbocycles. The van der Waals surface area contributed by atoms with E-state index in [2.05, 4.69) is 15.6 Å². The number of benzene rings is 2. The standard InChI is InChI=1S/C19H20N4O3/c1-3-26-15-10-8-14(9-11-15)13(2)20-18(24)12-23-19(25)16-6-4-5-7-17(16)21-22-23/h4-11,13H,3,12H2,1-2H3,(H,20,24). The van der Waals surface area contributed by atoms with E-state index in [4.69, 9.17) is 4.74 Å². The van der Waals surface area contributed by atoms with Crippen LogP contribution in [0.15, 0.2) is 53.3 Å². The van der Waals surface area contributed by atoms with E-state index in [9.17, 15) is 9.59 Å². The predicted molar refractivity (Wildman–Crippen MR) is 98.0 cm³/mol. The van der Waals surface area contributed by atoms with Crippen molar-refractivity contribution in [1.29, 1.82) is 0 Å². The fraction of sp³-hybridized carbons (Fsp3) is 0.263. The summed E-state index contributed by atoms with van der Waals surface area (Å²) in [6.45, 7) is 4.22. The van der Waals surface area contributed by atoms with Gasteiger partial charge in [0.2, 0.25) is 5.91 Å². The summed E-state index contributed by atoms with van der Waals surface area (Å²) >= 11 is 0. The first-order valence-electron chi connectivity index (χ1n) is 8.43. The summed E-state index contributed by atoms with van der Waals surface area (Å²) in [6.07, 6.45) is 0. The molecule has 0 aliphatic carbocycles. The van der Waals surface area contributed by atoms with Crippen LogP contribution >= 0.6 is 0 Å². The smallest absolute Gasteiger partial charge is 0.278 e. The minimum atomic E-state index is -0.334. The van der Waals surface area contributed by atoms with Crippen molar-refractivity contribution in [1.82, 2.24) is 20.3 Å². The number of ether oxygens (including phenoxy) is 1. The zero-order chi connectivity index (χ0) is 18.5. The van der Waals surface area contributed by atoms with Crippen LogP contribution in [0.25, 0.3) is 10.9 Å². The van der Waals surface area contributed by atoms with E-state index in [1.54, 1.807) is 24.3 Å². The van der Waals surface area contributed by atoms with Crippen LogP contribution < -0.4 is 15.6 Å². The van der Waals surface area contributed by atoms with Crippen molar-refractivity contribution in [3.05, 3.63) is 64.4 Å². The summed E-state index contributed by atoms with van der Waals surface area (Å²) in [6, 6.07) is 14.2. The van der Waals surface area contributed by atoms with E-state index in [0.717, 1.165) is 16.0 Å². The molecule has 1 atom stereocenters. The molecule has 3 rings (SSSR count). The summed E-state index contributed by atoms with van der Waals surface area (Å²) in [5.74, 6) is 0.478. The molecule has 0 saturated heterocycles. The lowest BCUT2D eigenvalue weighted by molar-refractivity contribution is -0.122. The molecule has 7 heteroatoms. The van der Waals surface area contributed by atoms with Gasteiger partial charge in [0.05, 0.1) is 18.0 Å². The number of nitrogens with zero attached hydrogens (tertiary/aromatic N) is 3. The molecule has 0 aliphatic rings. The van der Waals surface area contributed by atoms with Crippen molar-refractivity contribution in [2.75, 3.05) is 6.61 Å². The lowest BCUT2D eigenvalue weighted by Gasteiger charge is -2.15. The van der Waals surface area contributed by atoms with E-state index in [1.807, 2.05) is 38.1 Å².